The van der Waals surface area contributed by atoms with Gasteiger partial charge in [-0.15, -0.1) is 0 Å². The van der Waals surface area contributed by atoms with Gasteiger partial charge < -0.3 is 5.32 Å². The fourth-order valence-electron chi connectivity index (χ4n) is 2.12. The van der Waals surface area contributed by atoms with Crippen LogP contribution in [0.15, 0.2) is 22.8 Å². The van der Waals surface area contributed by atoms with E-state index >= 15 is 0 Å². The molecular formula is C12H14BrN3. The summed E-state index contributed by atoms with van der Waals surface area (Å²) in [6, 6.07) is 4.34. The summed E-state index contributed by atoms with van der Waals surface area (Å²) in [6.45, 7) is 0.865. The standard InChI is InChI=1S/C12H14BrN3/c1-14-6-9-7-15-16-11(8-2-3-8)4-10(13)5-12(9)16/h4-5,7-8,14H,2-3,6H2,1H3. The lowest BCUT2D eigenvalue weighted by atomic mass is 10.2. The Labute approximate surface area is 103 Å². The number of rotatable bonds is 3. The molecule has 2 aromatic heterocycles. The molecule has 0 bridgehead atoms. The zero-order chi connectivity index (χ0) is 11.1. The first kappa shape index (κ1) is 10.3. The number of hydrogen-bond donors (Lipinski definition) is 1. The Morgan fingerprint density at radius 3 is 3.00 bits per heavy atom. The zero-order valence-electron chi connectivity index (χ0n) is 9.20. The molecule has 0 aromatic carbocycles. The number of nitrogens with zero attached hydrogens (tertiary/aromatic N) is 2. The summed E-state index contributed by atoms with van der Waals surface area (Å²) in [5, 5.41) is 7.67. The molecule has 0 atom stereocenters. The lowest BCUT2D eigenvalue weighted by Crippen LogP contribution is -2.05. The Balaban J connectivity index is 2.19. The first-order valence-corrected chi connectivity index (χ1v) is 6.39. The normalized spacial score (nSPS) is 15.9. The Morgan fingerprint density at radius 1 is 1.50 bits per heavy atom. The van der Waals surface area contributed by atoms with Gasteiger partial charge in [0, 0.05) is 28.2 Å². The van der Waals surface area contributed by atoms with Gasteiger partial charge in [0.25, 0.3) is 0 Å². The van der Waals surface area contributed by atoms with Gasteiger partial charge in [0.1, 0.15) is 0 Å². The third kappa shape index (κ3) is 1.66. The molecule has 0 aliphatic heterocycles. The summed E-state index contributed by atoms with van der Waals surface area (Å²) in [6.07, 6.45) is 4.56. The molecular weight excluding hydrogens is 266 g/mol. The van der Waals surface area contributed by atoms with Crippen LogP contribution in [0, 0.1) is 0 Å². The van der Waals surface area contributed by atoms with Crippen LogP contribution in [0.3, 0.4) is 0 Å². The molecule has 84 valence electrons. The van der Waals surface area contributed by atoms with Gasteiger partial charge in [0.2, 0.25) is 0 Å². The summed E-state index contributed by atoms with van der Waals surface area (Å²) < 4.78 is 3.24. The van der Waals surface area contributed by atoms with Crippen molar-refractivity contribution in [3.05, 3.63) is 34.1 Å². The number of fused-ring (bicyclic) bond motifs is 1. The topological polar surface area (TPSA) is 29.3 Å². The fourth-order valence-corrected chi connectivity index (χ4v) is 2.57. The third-order valence-electron chi connectivity index (χ3n) is 3.05. The second-order valence-electron chi connectivity index (χ2n) is 4.37. The van der Waals surface area contributed by atoms with E-state index in [0.29, 0.717) is 5.92 Å². The van der Waals surface area contributed by atoms with Crippen molar-refractivity contribution in [3.8, 4) is 0 Å². The monoisotopic (exact) mass is 279 g/mol. The zero-order valence-corrected chi connectivity index (χ0v) is 10.8. The maximum Gasteiger partial charge on any atom is 0.0721 e. The maximum atomic E-state index is 4.50. The van der Waals surface area contributed by atoms with Gasteiger partial charge in [0.05, 0.1) is 11.7 Å². The molecule has 1 N–H and O–H groups in total. The van der Waals surface area contributed by atoms with Gasteiger partial charge in [-0.05, 0) is 32.0 Å². The summed E-state index contributed by atoms with van der Waals surface area (Å²) in [5.41, 5.74) is 3.81. The van der Waals surface area contributed by atoms with Crippen molar-refractivity contribution in [1.29, 1.82) is 0 Å². The van der Waals surface area contributed by atoms with Crippen molar-refractivity contribution < 1.29 is 0 Å². The molecule has 0 amide bonds. The van der Waals surface area contributed by atoms with Crippen molar-refractivity contribution in [2.24, 2.45) is 0 Å². The summed E-state index contributed by atoms with van der Waals surface area (Å²) >= 11 is 3.59. The molecule has 1 fully saturated rings. The second kappa shape index (κ2) is 3.86. The van der Waals surface area contributed by atoms with Gasteiger partial charge in [-0.25, -0.2) is 4.52 Å². The van der Waals surface area contributed by atoms with Crippen LogP contribution in [-0.2, 0) is 6.54 Å². The van der Waals surface area contributed by atoms with Crippen LogP contribution in [0.5, 0.6) is 0 Å². The minimum Gasteiger partial charge on any atom is -0.316 e. The molecule has 3 rings (SSSR count). The van der Waals surface area contributed by atoms with Crippen LogP contribution in [0.2, 0.25) is 0 Å². The predicted molar refractivity (Wildman–Crippen MR) is 67.6 cm³/mol. The molecule has 16 heavy (non-hydrogen) atoms. The first-order valence-electron chi connectivity index (χ1n) is 5.60. The number of aromatic nitrogens is 2. The quantitative estimate of drug-likeness (QED) is 0.936. The predicted octanol–water partition coefficient (Wildman–Crippen LogP) is 2.69. The maximum absolute atomic E-state index is 4.50. The molecule has 1 aliphatic rings. The van der Waals surface area contributed by atoms with E-state index in [2.05, 4.69) is 43.0 Å². The smallest absolute Gasteiger partial charge is 0.0721 e. The molecule has 1 aliphatic carbocycles. The van der Waals surface area contributed by atoms with Gasteiger partial charge in [-0.1, -0.05) is 15.9 Å². The van der Waals surface area contributed by atoms with E-state index in [1.54, 1.807) is 0 Å². The van der Waals surface area contributed by atoms with E-state index in [4.69, 9.17) is 0 Å². The van der Waals surface area contributed by atoms with Gasteiger partial charge >= 0.3 is 0 Å². The molecule has 0 spiro atoms. The van der Waals surface area contributed by atoms with Crippen LogP contribution in [0.4, 0.5) is 0 Å². The van der Waals surface area contributed by atoms with E-state index in [1.807, 2.05) is 13.2 Å². The van der Waals surface area contributed by atoms with Crippen LogP contribution < -0.4 is 5.32 Å². The van der Waals surface area contributed by atoms with E-state index < -0.39 is 0 Å². The van der Waals surface area contributed by atoms with Crippen LogP contribution in [-0.4, -0.2) is 16.7 Å². The van der Waals surface area contributed by atoms with E-state index in [1.165, 1.54) is 29.6 Å². The molecule has 4 heteroatoms. The average molecular weight is 280 g/mol. The van der Waals surface area contributed by atoms with Gasteiger partial charge in [0.15, 0.2) is 0 Å². The number of pyridine rings is 1. The third-order valence-corrected chi connectivity index (χ3v) is 3.51. The molecule has 0 unspecified atom stereocenters. The Bertz CT molecular complexity index is 528. The Kier molecular flexibility index (Phi) is 2.48. The lowest BCUT2D eigenvalue weighted by molar-refractivity contribution is 0.823. The molecule has 1 saturated carbocycles. The minimum atomic E-state index is 0.710. The molecule has 0 saturated heterocycles. The molecule has 3 nitrogen and oxygen atoms in total. The summed E-state index contributed by atoms with van der Waals surface area (Å²) in [4.78, 5) is 0. The highest BCUT2D eigenvalue weighted by Gasteiger charge is 2.27. The van der Waals surface area contributed by atoms with Crippen molar-refractivity contribution in [2.45, 2.75) is 25.3 Å². The number of nitrogens with one attached hydrogen (secondary N) is 1. The highest BCUT2D eigenvalue weighted by atomic mass is 79.9. The largest absolute Gasteiger partial charge is 0.316 e. The van der Waals surface area contributed by atoms with Crippen molar-refractivity contribution in [3.63, 3.8) is 0 Å². The number of hydrogen-bond acceptors (Lipinski definition) is 2. The Morgan fingerprint density at radius 2 is 2.31 bits per heavy atom. The van der Waals surface area contributed by atoms with Crippen LogP contribution >= 0.6 is 15.9 Å². The van der Waals surface area contributed by atoms with Crippen LogP contribution in [0.25, 0.3) is 5.52 Å². The molecule has 2 aromatic rings. The highest BCUT2D eigenvalue weighted by Crippen LogP contribution is 2.41. The lowest BCUT2D eigenvalue weighted by Gasteiger charge is -2.05. The number of halogens is 1. The molecule has 2 heterocycles. The van der Waals surface area contributed by atoms with E-state index in [-0.39, 0.29) is 0 Å². The average Bonchev–Trinajstić information content (AvgIpc) is 3.03. The molecule has 0 radical (unpaired) electrons. The van der Waals surface area contributed by atoms with Crippen LogP contribution in [0.1, 0.15) is 30.0 Å². The van der Waals surface area contributed by atoms with E-state index in [0.717, 1.165) is 11.0 Å². The van der Waals surface area contributed by atoms with Crippen molar-refractivity contribution in [2.75, 3.05) is 7.05 Å². The summed E-state index contributed by atoms with van der Waals surface area (Å²) in [7, 11) is 1.96. The van der Waals surface area contributed by atoms with Crippen molar-refractivity contribution >= 4 is 21.4 Å². The minimum absolute atomic E-state index is 0.710. The SMILES string of the molecule is CNCc1cnn2c(C3CC3)cc(Br)cc12. The van der Waals surface area contributed by atoms with Gasteiger partial charge in [-0.2, -0.15) is 5.10 Å². The highest BCUT2D eigenvalue weighted by molar-refractivity contribution is 9.10. The second-order valence-corrected chi connectivity index (χ2v) is 5.29. The first-order chi connectivity index (χ1) is 7.79. The Hall–Kier alpha value is -0.870. The van der Waals surface area contributed by atoms with E-state index in [9.17, 15) is 0 Å². The summed E-state index contributed by atoms with van der Waals surface area (Å²) in [5.74, 6) is 0.710. The fraction of sp³-hybridized carbons (Fsp3) is 0.417. The van der Waals surface area contributed by atoms with Gasteiger partial charge in [-0.3, -0.25) is 0 Å². The van der Waals surface area contributed by atoms with Crippen molar-refractivity contribution in [1.82, 2.24) is 14.9 Å².